The first-order valence-electron chi connectivity index (χ1n) is 4.49. The van der Waals surface area contributed by atoms with Crippen LogP contribution in [0.1, 0.15) is 12.6 Å². The van der Waals surface area contributed by atoms with E-state index in [2.05, 4.69) is 4.98 Å². The van der Waals surface area contributed by atoms with E-state index in [1.54, 1.807) is 6.92 Å². The van der Waals surface area contributed by atoms with Gasteiger partial charge < -0.3 is 4.74 Å². The number of hydrogen-bond acceptors (Lipinski definition) is 5. The summed E-state index contributed by atoms with van der Waals surface area (Å²) < 4.78 is 4.71. The highest BCUT2D eigenvalue weighted by atomic mass is 35.5. The summed E-state index contributed by atoms with van der Waals surface area (Å²) in [7, 11) is 0. The zero-order valence-corrected chi connectivity index (χ0v) is 9.23. The van der Waals surface area contributed by atoms with Crippen LogP contribution in [0.25, 0.3) is 0 Å². The molecule has 0 unspecified atom stereocenters. The average Bonchev–Trinajstić information content (AvgIpc) is 2.17. The molecule has 0 radical (unpaired) electrons. The average molecular weight is 245 g/mol. The standard InChI is InChI=1S/C9H9ClN2O4/c1-2-16-9(13)4-6-3-7(10)8(5-11-6)12(14)15/h3,5H,2,4H2,1H3. The molecule has 0 spiro atoms. The Kier molecular flexibility index (Phi) is 4.19. The Labute approximate surface area is 96.3 Å². The number of nitro groups is 1. The second kappa shape index (κ2) is 5.41. The van der Waals surface area contributed by atoms with Crippen molar-refractivity contribution in [2.75, 3.05) is 6.61 Å². The molecule has 0 aliphatic carbocycles. The predicted octanol–water partition coefficient (Wildman–Crippen LogP) is 1.75. The molecule has 0 bridgehead atoms. The van der Waals surface area contributed by atoms with Crippen molar-refractivity contribution in [3.8, 4) is 0 Å². The molecule has 0 aromatic carbocycles. The van der Waals surface area contributed by atoms with Gasteiger partial charge in [0.2, 0.25) is 0 Å². The summed E-state index contributed by atoms with van der Waals surface area (Å²) in [5, 5.41) is 10.4. The van der Waals surface area contributed by atoms with Crippen molar-refractivity contribution in [2.45, 2.75) is 13.3 Å². The molecule has 0 aliphatic rings. The van der Waals surface area contributed by atoms with Crippen molar-refractivity contribution in [2.24, 2.45) is 0 Å². The smallest absolute Gasteiger partial charge is 0.311 e. The van der Waals surface area contributed by atoms with Crippen LogP contribution in [-0.2, 0) is 16.0 Å². The van der Waals surface area contributed by atoms with Crippen LogP contribution in [0.15, 0.2) is 12.3 Å². The molecule has 1 aromatic rings. The predicted molar refractivity (Wildman–Crippen MR) is 56.2 cm³/mol. The van der Waals surface area contributed by atoms with E-state index >= 15 is 0 Å². The van der Waals surface area contributed by atoms with E-state index in [0.29, 0.717) is 5.69 Å². The van der Waals surface area contributed by atoms with Crippen LogP contribution in [0.3, 0.4) is 0 Å². The van der Waals surface area contributed by atoms with Gasteiger partial charge in [-0.3, -0.25) is 19.9 Å². The first-order chi connectivity index (χ1) is 7.54. The number of halogens is 1. The van der Waals surface area contributed by atoms with E-state index in [4.69, 9.17) is 16.3 Å². The Bertz CT molecular complexity index is 422. The Balaban J connectivity index is 2.81. The lowest BCUT2D eigenvalue weighted by molar-refractivity contribution is -0.385. The minimum atomic E-state index is -0.635. The van der Waals surface area contributed by atoms with Gasteiger partial charge in [0.05, 0.1) is 23.6 Å². The summed E-state index contributed by atoms with van der Waals surface area (Å²) in [6, 6.07) is 1.29. The number of aromatic nitrogens is 1. The van der Waals surface area contributed by atoms with Gasteiger partial charge in [-0.1, -0.05) is 11.6 Å². The largest absolute Gasteiger partial charge is 0.466 e. The van der Waals surface area contributed by atoms with Gasteiger partial charge in [0.25, 0.3) is 0 Å². The molecular formula is C9H9ClN2O4. The van der Waals surface area contributed by atoms with Crippen LogP contribution in [0, 0.1) is 10.1 Å². The molecular weight excluding hydrogens is 236 g/mol. The van der Waals surface area contributed by atoms with Crippen LogP contribution in [0.4, 0.5) is 5.69 Å². The molecule has 1 rings (SSSR count). The summed E-state index contributed by atoms with van der Waals surface area (Å²) in [6.45, 7) is 1.97. The molecule has 6 nitrogen and oxygen atoms in total. The third kappa shape index (κ3) is 3.16. The Hall–Kier alpha value is -1.69. The van der Waals surface area contributed by atoms with E-state index in [0.717, 1.165) is 6.20 Å². The summed E-state index contributed by atoms with van der Waals surface area (Å²) in [5.74, 6) is -0.445. The lowest BCUT2D eigenvalue weighted by Crippen LogP contribution is -2.08. The van der Waals surface area contributed by atoms with E-state index in [-0.39, 0.29) is 23.7 Å². The first-order valence-corrected chi connectivity index (χ1v) is 4.86. The monoisotopic (exact) mass is 244 g/mol. The van der Waals surface area contributed by atoms with Crippen molar-refractivity contribution in [1.82, 2.24) is 4.98 Å². The summed E-state index contributed by atoms with van der Waals surface area (Å²) in [4.78, 5) is 24.7. The molecule has 86 valence electrons. The van der Waals surface area contributed by atoms with Gasteiger partial charge in [-0.05, 0) is 13.0 Å². The number of carbonyl (C=O) groups excluding carboxylic acids is 1. The normalized spacial score (nSPS) is 9.88. The Morgan fingerprint density at radius 1 is 1.69 bits per heavy atom. The SMILES string of the molecule is CCOC(=O)Cc1cc(Cl)c([N+](=O)[O-])cn1. The summed E-state index contributed by atoms with van der Waals surface area (Å²) in [5.41, 5.74) is 0.0586. The van der Waals surface area contributed by atoms with Gasteiger partial charge in [-0.2, -0.15) is 0 Å². The third-order valence-corrected chi connectivity index (χ3v) is 2.02. The molecule has 0 amide bonds. The fraction of sp³-hybridized carbons (Fsp3) is 0.333. The van der Waals surface area contributed by atoms with Crippen molar-refractivity contribution < 1.29 is 14.5 Å². The van der Waals surface area contributed by atoms with Gasteiger partial charge in [-0.15, -0.1) is 0 Å². The maximum absolute atomic E-state index is 11.1. The van der Waals surface area contributed by atoms with Crippen molar-refractivity contribution in [3.05, 3.63) is 33.1 Å². The van der Waals surface area contributed by atoms with Gasteiger partial charge in [0, 0.05) is 0 Å². The van der Waals surface area contributed by atoms with Crippen LogP contribution >= 0.6 is 11.6 Å². The molecule has 1 heterocycles. The fourth-order valence-corrected chi connectivity index (χ4v) is 1.30. The van der Waals surface area contributed by atoms with Crippen molar-refractivity contribution in [3.63, 3.8) is 0 Å². The third-order valence-electron chi connectivity index (χ3n) is 1.72. The van der Waals surface area contributed by atoms with Crippen molar-refractivity contribution in [1.29, 1.82) is 0 Å². The van der Waals surface area contributed by atoms with Gasteiger partial charge in [0.1, 0.15) is 11.2 Å². The molecule has 16 heavy (non-hydrogen) atoms. The molecule has 7 heteroatoms. The highest BCUT2D eigenvalue weighted by molar-refractivity contribution is 6.32. The van der Waals surface area contributed by atoms with E-state index in [9.17, 15) is 14.9 Å². The van der Waals surface area contributed by atoms with Gasteiger partial charge >= 0.3 is 11.7 Å². The second-order valence-corrected chi connectivity index (χ2v) is 3.27. The zero-order chi connectivity index (χ0) is 12.1. The highest BCUT2D eigenvalue weighted by Gasteiger charge is 2.14. The van der Waals surface area contributed by atoms with Crippen LogP contribution < -0.4 is 0 Å². The number of esters is 1. The van der Waals surface area contributed by atoms with Gasteiger partial charge in [0.15, 0.2) is 0 Å². The van der Waals surface area contributed by atoms with E-state index in [1.165, 1.54) is 6.07 Å². The van der Waals surface area contributed by atoms with Crippen molar-refractivity contribution >= 4 is 23.3 Å². The molecule has 0 aliphatic heterocycles. The van der Waals surface area contributed by atoms with E-state index < -0.39 is 10.9 Å². The molecule has 0 N–H and O–H groups in total. The first kappa shape index (κ1) is 12.4. The summed E-state index contributed by atoms with van der Waals surface area (Å²) >= 11 is 5.65. The number of carbonyl (C=O) groups is 1. The molecule has 0 fully saturated rings. The lowest BCUT2D eigenvalue weighted by Gasteiger charge is -2.01. The Morgan fingerprint density at radius 2 is 2.38 bits per heavy atom. The Morgan fingerprint density at radius 3 is 2.88 bits per heavy atom. The van der Waals surface area contributed by atoms with Crippen LogP contribution in [-0.4, -0.2) is 22.5 Å². The molecule has 0 saturated heterocycles. The maximum atomic E-state index is 11.1. The van der Waals surface area contributed by atoms with Crippen LogP contribution in [0.5, 0.6) is 0 Å². The number of ether oxygens (including phenoxy) is 1. The molecule has 0 atom stereocenters. The maximum Gasteiger partial charge on any atom is 0.311 e. The fourth-order valence-electron chi connectivity index (χ4n) is 1.05. The minimum absolute atomic E-state index is 0.0423. The quantitative estimate of drug-likeness (QED) is 0.458. The van der Waals surface area contributed by atoms with Gasteiger partial charge in [-0.25, -0.2) is 0 Å². The second-order valence-electron chi connectivity index (χ2n) is 2.87. The number of hydrogen-bond donors (Lipinski definition) is 0. The highest BCUT2D eigenvalue weighted by Crippen LogP contribution is 2.23. The summed E-state index contributed by atoms with van der Waals surface area (Å²) in [6.07, 6.45) is 0.975. The number of pyridine rings is 1. The molecule has 0 saturated carbocycles. The number of nitrogens with zero attached hydrogens (tertiary/aromatic N) is 2. The number of rotatable bonds is 4. The minimum Gasteiger partial charge on any atom is -0.466 e. The topological polar surface area (TPSA) is 82.3 Å². The molecule has 1 aromatic heterocycles. The lowest BCUT2D eigenvalue weighted by atomic mass is 10.2. The van der Waals surface area contributed by atoms with Crippen LogP contribution in [0.2, 0.25) is 5.02 Å². The van der Waals surface area contributed by atoms with E-state index in [1.807, 2.05) is 0 Å². The zero-order valence-electron chi connectivity index (χ0n) is 8.47.